The van der Waals surface area contributed by atoms with Crippen LogP contribution in [0.5, 0.6) is 0 Å². The van der Waals surface area contributed by atoms with E-state index in [1.807, 2.05) is 11.0 Å². The number of halogens is 3. The smallest absolute Gasteiger partial charge is 0.351 e. The van der Waals surface area contributed by atoms with Gasteiger partial charge in [-0.2, -0.15) is 18.4 Å². The van der Waals surface area contributed by atoms with Gasteiger partial charge >= 0.3 is 6.18 Å². The summed E-state index contributed by atoms with van der Waals surface area (Å²) in [5, 5.41) is 15.3. The van der Waals surface area contributed by atoms with Gasteiger partial charge in [-0.3, -0.25) is 0 Å². The first-order valence-electron chi connectivity index (χ1n) is 5.57. The molecule has 1 aliphatic carbocycles. The maximum atomic E-state index is 12.3. The van der Waals surface area contributed by atoms with Crippen molar-refractivity contribution < 1.29 is 13.2 Å². The lowest BCUT2D eigenvalue weighted by Gasteiger charge is -2.21. The van der Waals surface area contributed by atoms with E-state index in [2.05, 4.69) is 10.2 Å². The van der Waals surface area contributed by atoms with Crippen molar-refractivity contribution in [1.82, 2.24) is 10.2 Å². The van der Waals surface area contributed by atoms with Crippen molar-refractivity contribution in [2.45, 2.75) is 31.5 Å². The van der Waals surface area contributed by atoms with Gasteiger partial charge in [0.15, 0.2) is 11.5 Å². The average molecular weight is 256 g/mol. The first-order chi connectivity index (χ1) is 8.52. The van der Waals surface area contributed by atoms with E-state index in [-0.39, 0.29) is 6.04 Å². The Morgan fingerprint density at radius 2 is 2.06 bits per heavy atom. The molecule has 1 saturated carbocycles. The number of alkyl halides is 3. The summed E-state index contributed by atoms with van der Waals surface area (Å²) >= 11 is 0. The van der Waals surface area contributed by atoms with Gasteiger partial charge < -0.3 is 4.90 Å². The van der Waals surface area contributed by atoms with E-state index in [4.69, 9.17) is 5.26 Å². The van der Waals surface area contributed by atoms with Crippen molar-refractivity contribution in [2.24, 2.45) is 0 Å². The van der Waals surface area contributed by atoms with Crippen LogP contribution in [0.15, 0.2) is 12.1 Å². The van der Waals surface area contributed by atoms with Gasteiger partial charge in [-0.25, -0.2) is 0 Å². The number of anilines is 1. The van der Waals surface area contributed by atoms with Crippen LogP contribution in [0.4, 0.5) is 19.0 Å². The maximum absolute atomic E-state index is 12.3. The van der Waals surface area contributed by atoms with Crippen LogP contribution in [-0.2, 0) is 6.18 Å². The molecular formula is C11H11F3N4. The molecule has 1 aromatic rings. The molecule has 0 aliphatic heterocycles. The fraction of sp³-hybridized carbons (Fsp3) is 0.545. The molecule has 0 radical (unpaired) electrons. The SMILES string of the molecule is N#CCCN(c1ccc(C(F)(F)F)nn1)C1CC1. The quantitative estimate of drug-likeness (QED) is 0.829. The first kappa shape index (κ1) is 12.6. The van der Waals surface area contributed by atoms with E-state index in [0.717, 1.165) is 18.9 Å². The summed E-state index contributed by atoms with van der Waals surface area (Å²) in [5.74, 6) is 0.403. The molecule has 0 atom stereocenters. The van der Waals surface area contributed by atoms with Crippen molar-refractivity contribution in [2.75, 3.05) is 11.4 Å². The van der Waals surface area contributed by atoms with E-state index in [1.54, 1.807) is 0 Å². The predicted molar refractivity (Wildman–Crippen MR) is 57.6 cm³/mol. The molecule has 0 aromatic carbocycles. The van der Waals surface area contributed by atoms with Crippen LogP contribution >= 0.6 is 0 Å². The molecule has 96 valence electrons. The summed E-state index contributed by atoms with van der Waals surface area (Å²) in [5.41, 5.74) is -0.998. The molecule has 1 aliphatic rings. The van der Waals surface area contributed by atoms with E-state index in [1.165, 1.54) is 6.07 Å². The predicted octanol–water partition coefficient (Wildman–Crippen LogP) is 2.38. The third-order valence-corrected chi connectivity index (χ3v) is 2.69. The largest absolute Gasteiger partial charge is 0.435 e. The van der Waals surface area contributed by atoms with Gasteiger partial charge in [0.05, 0.1) is 12.5 Å². The Morgan fingerprint density at radius 3 is 2.50 bits per heavy atom. The third-order valence-electron chi connectivity index (χ3n) is 2.69. The van der Waals surface area contributed by atoms with Crippen molar-refractivity contribution in [3.8, 4) is 6.07 Å². The van der Waals surface area contributed by atoms with Crippen LogP contribution in [0.2, 0.25) is 0 Å². The Morgan fingerprint density at radius 1 is 1.33 bits per heavy atom. The lowest BCUT2D eigenvalue weighted by Crippen LogP contribution is -2.28. The molecule has 2 rings (SSSR count). The molecule has 4 nitrogen and oxygen atoms in total. The zero-order valence-electron chi connectivity index (χ0n) is 9.48. The Balaban J connectivity index is 2.14. The third kappa shape index (κ3) is 2.88. The van der Waals surface area contributed by atoms with Gasteiger partial charge in [0.25, 0.3) is 0 Å². The number of nitriles is 1. The standard InChI is InChI=1S/C11H11F3N4/c12-11(13,14)9-4-5-10(17-16-9)18(7-1-6-15)8-2-3-8/h4-5,8H,1-3,7H2. The van der Waals surface area contributed by atoms with Crippen LogP contribution in [0.25, 0.3) is 0 Å². The molecule has 18 heavy (non-hydrogen) atoms. The highest BCUT2D eigenvalue weighted by molar-refractivity contribution is 5.40. The molecule has 0 N–H and O–H groups in total. The Bertz CT molecular complexity index is 445. The zero-order chi connectivity index (χ0) is 13.2. The lowest BCUT2D eigenvalue weighted by atomic mass is 10.3. The highest BCUT2D eigenvalue weighted by Crippen LogP contribution is 2.32. The molecule has 0 bridgehead atoms. The molecule has 7 heteroatoms. The number of aromatic nitrogens is 2. The van der Waals surface area contributed by atoms with E-state index < -0.39 is 11.9 Å². The highest BCUT2D eigenvalue weighted by Gasteiger charge is 2.34. The summed E-state index contributed by atoms with van der Waals surface area (Å²) in [6, 6.07) is 4.53. The van der Waals surface area contributed by atoms with Gasteiger partial charge in [-0.15, -0.1) is 10.2 Å². The van der Waals surface area contributed by atoms with Crippen LogP contribution < -0.4 is 4.90 Å². The molecular weight excluding hydrogens is 245 g/mol. The molecule has 0 amide bonds. The summed E-state index contributed by atoms with van der Waals surface area (Å²) < 4.78 is 37.0. The minimum atomic E-state index is -4.47. The van der Waals surface area contributed by atoms with Crippen molar-refractivity contribution >= 4 is 5.82 Å². The number of rotatable bonds is 4. The van der Waals surface area contributed by atoms with Crippen molar-refractivity contribution in [3.05, 3.63) is 17.8 Å². The van der Waals surface area contributed by atoms with Crippen molar-refractivity contribution in [1.29, 1.82) is 5.26 Å². The summed E-state index contributed by atoms with van der Waals surface area (Å²) in [6.07, 6.45) is -2.19. The molecule has 0 unspecified atom stereocenters. The zero-order valence-corrected chi connectivity index (χ0v) is 9.48. The second-order valence-electron chi connectivity index (χ2n) is 4.11. The van der Waals surface area contributed by atoms with Crippen LogP contribution in [0.3, 0.4) is 0 Å². The molecule has 0 saturated heterocycles. The van der Waals surface area contributed by atoms with Gasteiger partial charge in [0, 0.05) is 12.6 Å². The van der Waals surface area contributed by atoms with Crippen LogP contribution in [0, 0.1) is 11.3 Å². The summed E-state index contributed by atoms with van der Waals surface area (Å²) in [4.78, 5) is 1.84. The fourth-order valence-corrected chi connectivity index (χ4v) is 1.67. The Hall–Kier alpha value is -1.84. The van der Waals surface area contributed by atoms with Gasteiger partial charge in [-0.05, 0) is 25.0 Å². The summed E-state index contributed by atoms with van der Waals surface area (Å²) in [6.45, 7) is 0.473. The maximum Gasteiger partial charge on any atom is 0.435 e. The second-order valence-corrected chi connectivity index (χ2v) is 4.11. The van der Waals surface area contributed by atoms with E-state index in [9.17, 15) is 13.2 Å². The molecule has 1 fully saturated rings. The monoisotopic (exact) mass is 256 g/mol. The normalized spacial score (nSPS) is 15.2. The first-order valence-corrected chi connectivity index (χ1v) is 5.57. The van der Waals surface area contributed by atoms with Crippen LogP contribution in [-0.4, -0.2) is 22.8 Å². The minimum Gasteiger partial charge on any atom is -0.351 e. The van der Waals surface area contributed by atoms with Crippen molar-refractivity contribution in [3.63, 3.8) is 0 Å². The topological polar surface area (TPSA) is 52.8 Å². The second kappa shape index (κ2) is 4.80. The molecule has 1 aromatic heterocycles. The van der Waals surface area contributed by atoms with Gasteiger partial charge in [-0.1, -0.05) is 0 Å². The fourth-order valence-electron chi connectivity index (χ4n) is 1.67. The van der Waals surface area contributed by atoms with Gasteiger partial charge in [0.2, 0.25) is 0 Å². The molecule has 1 heterocycles. The van der Waals surface area contributed by atoms with Gasteiger partial charge in [0.1, 0.15) is 0 Å². The van der Waals surface area contributed by atoms with E-state index in [0.29, 0.717) is 18.8 Å². The Kier molecular flexibility index (Phi) is 3.36. The number of nitrogens with zero attached hydrogens (tertiary/aromatic N) is 4. The highest BCUT2D eigenvalue weighted by atomic mass is 19.4. The average Bonchev–Trinajstić information content (AvgIpc) is 3.13. The summed E-state index contributed by atoms with van der Waals surface area (Å²) in [7, 11) is 0. The Labute approximate surface area is 102 Å². The lowest BCUT2D eigenvalue weighted by molar-refractivity contribution is -0.141. The minimum absolute atomic E-state index is 0.282. The van der Waals surface area contributed by atoms with Crippen LogP contribution in [0.1, 0.15) is 25.0 Å². The molecule has 0 spiro atoms. The number of hydrogen-bond donors (Lipinski definition) is 0. The number of hydrogen-bond acceptors (Lipinski definition) is 4. The van der Waals surface area contributed by atoms with E-state index >= 15 is 0 Å².